The highest BCUT2D eigenvalue weighted by Gasteiger charge is 2.50. The highest BCUT2D eigenvalue weighted by atomic mass is 79.9. The molecule has 1 aromatic carbocycles. The van der Waals surface area contributed by atoms with Crippen molar-refractivity contribution in [3.05, 3.63) is 33.1 Å². The third kappa shape index (κ3) is 3.40. The number of fused-ring (bicyclic) bond motifs is 1. The lowest BCUT2D eigenvalue weighted by atomic mass is 9.52. The van der Waals surface area contributed by atoms with Crippen LogP contribution in [0.5, 0.6) is 5.75 Å². The van der Waals surface area contributed by atoms with E-state index in [1.807, 2.05) is 0 Å². The van der Waals surface area contributed by atoms with E-state index in [4.69, 9.17) is 4.42 Å². The van der Waals surface area contributed by atoms with Crippen molar-refractivity contribution in [2.75, 3.05) is 5.32 Å². The summed E-state index contributed by atoms with van der Waals surface area (Å²) in [6, 6.07) is 1.27. The van der Waals surface area contributed by atoms with Crippen LogP contribution >= 0.6 is 15.9 Å². The summed E-state index contributed by atoms with van der Waals surface area (Å²) >= 11 is 3.50. The number of carbonyl (C=O) groups is 3. The summed E-state index contributed by atoms with van der Waals surface area (Å²) in [5.41, 5.74) is 1.79. The number of nitrogens with one attached hydrogen (secondary N) is 2. The lowest BCUT2D eigenvalue weighted by Gasteiger charge is -2.53. The Labute approximate surface area is 203 Å². The van der Waals surface area contributed by atoms with Gasteiger partial charge in [-0.15, -0.1) is 5.10 Å². The zero-order chi connectivity index (χ0) is 23.6. The van der Waals surface area contributed by atoms with Gasteiger partial charge in [0.1, 0.15) is 11.8 Å². The number of hydrogen-bond acceptors (Lipinski definition) is 8. The number of carbonyl (C=O) groups excluding carboxylic acids is 3. The van der Waals surface area contributed by atoms with E-state index in [1.54, 1.807) is 6.07 Å². The third-order valence-corrected chi connectivity index (χ3v) is 8.52. The van der Waals surface area contributed by atoms with E-state index in [2.05, 4.69) is 36.8 Å². The van der Waals surface area contributed by atoms with Crippen molar-refractivity contribution in [1.82, 2.24) is 20.4 Å². The number of nitrogens with zero attached hydrogens (tertiary/aromatic N) is 3. The molecule has 1 aromatic heterocycles. The normalized spacial score (nSPS) is 23.5. The van der Waals surface area contributed by atoms with E-state index >= 15 is 0 Å². The molecule has 6 rings (SSSR count). The molecular formula is C23H24BrN5O5. The van der Waals surface area contributed by atoms with Crippen LogP contribution in [0.4, 0.5) is 6.01 Å². The van der Waals surface area contributed by atoms with Gasteiger partial charge in [-0.1, -0.05) is 27.4 Å². The maximum Gasteiger partial charge on any atom is 0.315 e. The number of halogens is 1. The van der Waals surface area contributed by atoms with Gasteiger partial charge in [0.05, 0.1) is 5.56 Å². The number of phenols is 1. The van der Waals surface area contributed by atoms with Crippen molar-refractivity contribution in [2.45, 2.75) is 70.0 Å². The predicted molar refractivity (Wildman–Crippen MR) is 122 cm³/mol. The molecular weight excluding hydrogens is 506 g/mol. The van der Waals surface area contributed by atoms with Crippen molar-refractivity contribution in [3.8, 4) is 5.75 Å². The number of benzene rings is 1. The van der Waals surface area contributed by atoms with Gasteiger partial charge >= 0.3 is 6.01 Å². The summed E-state index contributed by atoms with van der Waals surface area (Å²) < 4.78 is 6.46. The Morgan fingerprint density at radius 1 is 1.26 bits per heavy atom. The Morgan fingerprint density at radius 2 is 2.06 bits per heavy atom. The predicted octanol–water partition coefficient (Wildman–Crippen LogP) is 2.96. The average Bonchev–Trinajstić information content (AvgIpc) is 3.33. The van der Waals surface area contributed by atoms with Crippen LogP contribution in [-0.2, 0) is 22.7 Å². The molecule has 11 heteroatoms. The average molecular weight is 530 g/mol. The van der Waals surface area contributed by atoms with Crippen LogP contribution in [0.1, 0.15) is 78.2 Å². The van der Waals surface area contributed by atoms with Gasteiger partial charge in [-0.05, 0) is 43.6 Å². The topological polar surface area (TPSA) is 138 Å². The Bertz CT molecular complexity index is 1210. The number of rotatable bonds is 5. The summed E-state index contributed by atoms with van der Waals surface area (Å²) in [6.45, 7) is 0.359. The van der Waals surface area contributed by atoms with Gasteiger partial charge < -0.3 is 19.7 Å². The third-order valence-electron chi connectivity index (χ3n) is 7.81. The lowest BCUT2D eigenvalue weighted by Crippen LogP contribution is -2.52. The molecule has 0 bridgehead atoms. The lowest BCUT2D eigenvalue weighted by molar-refractivity contribution is -0.136. The number of piperidine rings is 1. The smallest absolute Gasteiger partial charge is 0.315 e. The SMILES string of the molecule is O=C1CCC(N2Cc3c(Br)cc(CNc4nnc(C5CC6(CCC6)C5)o4)c(O)c3C2=O)C(=O)N1. The molecule has 1 spiro atoms. The fourth-order valence-electron chi connectivity index (χ4n) is 5.76. The number of aromatic nitrogens is 2. The van der Waals surface area contributed by atoms with Crippen LogP contribution in [0.3, 0.4) is 0 Å². The molecule has 2 saturated carbocycles. The first kappa shape index (κ1) is 21.6. The van der Waals surface area contributed by atoms with Crippen LogP contribution < -0.4 is 10.6 Å². The summed E-state index contributed by atoms with van der Waals surface area (Å²) in [6.07, 6.45) is 6.57. The minimum Gasteiger partial charge on any atom is -0.507 e. The highest BCUT2D eigenvalue weighted by Crippen LogP contribution is 2.61. The van der Waals surface area contributed by atoms with E-state index in [-0.39, 0.29) is 49.2 Å². The first-order chi connectivity index (χ1) is 16.3. The minimum absolute atomic E-state index is 0.142. The van der Waals surface area contributed by atoms with Crippen LogP contribution in [0.25, 0.3) is 0 Å². The number of hydrogen-bond donors (Lipinski definition) is 3. The molecule has 2 aliphatic heterocycles. The van der Waals surface area contributed by atoms with Crippen molar-refractivity contribution in [3.63, 3.8) is 0 Å². The molecule has 3 fully saturated rings. The zero-order valence-electron chi connectivity index (χ0n) is 18.4. The molecule has 3 amide bonds. The van der Waals surface area contributed by atoms with Gasteiger partial charge in [0.25, 0.3) is 5.91 Å². The van der Waals surface area contributed by atoms with E-state index in [1.165, 1.54) is 24.2 Å². The number of amides is 3. The standard InChI is InChI=1S/C23H24BrN5O5/c24-14-6-11(9-25-22-28-27-20(34-22)12-7-23(8-12)4-1-5-23)18(31)17-13(14)10-29(21(17)33)15-2-3-16(30)26-19(15)32/h6,12,15,31H,1-5,7-10H2,(H,25,28)(H,26,30,32). The largest absolute Gasteiger partial charge is 0.507 e. The number of aromatic hydroxyl groups is 1. The number of imide groups is 1. The Hall–Kier alpha value is -2.95. The van der Waals surface area contributed by atoms with Gasteiger partial charge in [-0.2, -0.15) is 0 Å². The van der Waals surface area contributed by atoms with Gasteiger partial charge in [0.2, 0.25) is 17.7 Å². The Morgan fingerprint density at radius 3 is 2.76 bits per heavy atom. The van der Waals surface area contributed by atoms with Gasteiger partial charge in [0, 0.05) is 41.0 Å². The molecule has 0 radical (unpaired) electrons. The van der Waals surface area contributed by atoms with Crippen LogP contribution in [0, 0.1) is 5.41 Å². The molecule has 1 unspecified atom stereocenters. The van der Waals surface area contributed by atoms with Crippen molar-refractivity contribution < 1.29 is 23.9 Å². The second-order valence-corrected chi connectivity index (χ2v) is 10.7. The van der Waals surface area contributed by atoms with E-state index < -0.39 is 17.9 Å². The quantitative estimate of drug-likeness (QED) is 0.502. The Balaban J connectivity index is 1.16. The summed E-state index contributed by atoms with van der Waals surface area (Å²) in [4.78, 5) is 38.3. The molecule has 3 N–H and O–H groups in total. The molecule has 3 heterocycles. The van der Waals surface area contributed by atoms with Gasteiger partial charge in [-0.3, -0.25) is 19.7 Å². The molecule has 1 atom stereocenters. The maximum absolute atomic E-state index is 13.1. The molecule has 178 valence electrons. The van der Waals surface area contributed by atoms with E-state index in [9.17, 15) is 19.5 Å². The second kappa shape index (κ2) is 7.79. The minimum atomic E-state index is -0.743. The number of phenolic OH excluding ortho intramolecular Hbond substituents is 1. The van der Waals surface area contributed by atoms with E-state index in [0.717, 1.165) is 12.8 Å². The molecule has 1 saturated heterocycles. The van der Waals surface area contributed by atoms with Crippen LogP contribution in [0.2, 0.25) is 0 Å². The van der Waals surface area contributed by atoms with Crippen LogP contribution in [-0.4, -0.2) is 44.0 Å². The molecule has 10 nitrogen and oxygen atoms in total. The molecule has 34 heavy (non-hydrogen) atoms. The monoisotopic (exact) mass is 529 g/mol. The summed E-state index contributed by atoms with van der Waals surface area (Å²) in [5.74, 6) is -0.435. The molecule has 2 aliphatic carbocycles. The molecule has 2 aromatic rings. The first-order valence-electron chi connectivity index (χ1n) is 11.6. The summed E-state index contributed by atoms with van der Waals surface area (Å²) in [7, 11) is 0. The Kier molecular flexibility index (Phi) is 4.94. The summed E-state index contributed by atoms with van der Waals surface area (Å²) in [5, 5.41) is 24.5. The fourth-order valence-corrected chi connectivity index (χ4v) is 6.36. The zero-order valence-corrected chi connectivity index (χ0v) is 20.0. The fraction of sp³-hybridized carbons (Fsp3) is 0.522. The number of anilines is 1. The van der Waals surface area contributed by atoms with E-state index in [0.29, 0.717) is 32.8 Å². The van der Waals surface area contributed by atoms with Crippen molar-refractivity contribution in [1.29, 1.82) is 0 Å². The maximum atomic E-state index is 13.1. The van der Waals surface area contributed by atoms with Crippen molar-refractivity contribution >= 4 is 39.7 Å². The second-order valence-electron chi connectivity index (χ2n) is 9.88. The van der Waals surface area contributed by atoms with Crippen LogP contribution in [0.15, 0.2) is 15.0 Å². The molecule has 4 aliphatic rings. The highest BCUT2D eigenvalue weighted by molar-refractivity contribution is 9.10. The van der Waals surface area contributed by atoms with Crippen molar-refractivity contribution in [2.24, 2.45) is 5.41 Å². The van der Waals surface area contributed by atoms with Gasteiger partial charge in [-0.25, -0.2) is 0 Å². The first-order valence-corrected chi connectivity index (χ1v) is 12.4. The van der Waals surface area contributed by atoms with Gasteiger partial charge in [0.15, 0.2) is 0 Å².